The van der Waals surface area contributed by atoms with Crippen LogP contribution in [0.4, 0.5) is 0 Å². The molecule has 0 aromatic heterocycles. The number of nitrogens with one attached hydrogen (secondary N) is 1. The van der Waals surface area contributed by atoms with E-state index in [2.05, 4.69) is 5.32 Å². The van der Waals surface area contributed by atoms with E-state index in [-0.39, 0.29) is 0 Å². The minimum absolute atomic E-state index is 0.359. The maximum Gasteiger partial charge on any atom is 0.147 e. The van der Waals surface area contributed by atoms with E-state index in [1.165, 1.54) is 31.9 Å². The molecule has 1 N–H and O–H groups in total. The summed E-state index contributed by atoms with van der Waals surface area (Å²) >= 11 is 0. The maximum absolute atomic E-state index is 11.0. The zero-order valence-electron chi connectivity index (χ0n) is 9.46. The van der Waals surface area contributed by atoms with Gasteiger partial charge in [-0.1, -0.05) is 0 Å². The van der Waals surface area contributed by atoms with Gasteiger partial charge in [0.25, 0.3) is 0 Å². The van der Waals surface area contributed by atoms with E-state index < -0.39 is 9.84 Å². The molecule has 0 aromatic carbocycles. The number of rotatable bonds is 7. The maximum atomic E-state index is 11.0. The molecule has 2 rings (SSSR count). The lowest BCUT2D eigenvalue weighted by molar-refractivity contribution is 0.420. The SMILES string of the molecule is CS(=O)(=O)CCCC1(CNC2CC2)CC1. The van der Waals surface area contributed by atoms with Gasteiger partial charge in [-0.25, -0.2) is 8.42 Å². The molecule has 0 spiro atoms. The van der Waals surface area contributed by atoms with Crippen molar-refractivity contribution in [2.45, 2.75) is 44.6 Å². The number of hydrogen-bond donors (Lipinski definition) is 1. The highest BCUT2D eigenvalue weighted by Crippen LogP contribution is 2.49. The third-order valence-corrected chi connectivity index (χ3v) is 4.55. The van der Waals surface area contributed by atoms with Crippen LogP contribution in [0.1, 0.15) is 38.5 Å². The molecule has 2 aliphatic rings. The summed E-state index contributed by atoms with van der Waals surface area (Å²) in [5.74, 6) is 0.359. The normalized spacial score (nSPS) is 24.1. The minimum Gasteiger partial charge on any atom is -0.313 e. The van der Waals surface area contributed by atoms with Crippen LogP contribution in [0.5, 0.6) is 0 Å². The van der Waals surface area contributed by atoms with E-state index in [1.54, 1.807) is 0 Å². The van der Waals surface area contributed by atoms with Crippen LogP contribution in [0.2, 0.25) is 0 Å². The lowest BCUT2D eigenvalue weighted by atomic mass is 10.0. The topological polar surface area (TPSA) is 46.2 Å². The molecule has 88 valence electrons. The van der Waals surface area contributed by atoms with Gasteiger partial charge in [-0.3, -0.25) is 0 Å². The summed E-state index contributed by atoms with van der Waals surface area (Å²) in [7, 11) is -2.76. The van der Waals surface area contributed by atoms with Crippen LogP contribution in [0, 0.1) is 5.41 Å². The van der Waals surface area contributed by atoms with Crippen molar-refractivity contribution in [1.29, 1.82) is 0 Å². The molecule has 0 radical (unpaired) electrons. The Hall–Kier alpha value is -0.0900. The average Bonchev–Trinajstić information content (AvgIpc) is 2.96. The van der Waals surface area contributed by atoms with E-state index in [9.17, 15) is 8.42 Å². The van der Waals surface area contributed by atoms with Crippen LogP contribution in [-0.4, -0.2) is 33.0 Å². The summed E-state index contributed by atoms with van der Waals surface area (Å²) in [5, 5.41) is 3.56. The molecule has 3 nitrogen and oxygen atoms in total. The van der Waals surface area contributed by atoms with Crippen molar-refractivity contribution in [2.24, 2.45) is 5.41 Å². The van der Waals surface area contributed by atoms with E-state index in [1.807, 2.05) is 0 Å². The van der Waals surface area contributed by atoms with Gasteiger partial charge in [-0.2, -0.15) is 0 Å². The predicted molar refractivity (Wildman–Crippen MR) is 61.6 cm³/mol. The molecule has 2 saturated carbocycles. The highest BCUT2D eigenvalue weighted by atomic mass is 32.2. The van der Waals surface area contributed by atoms with E-state index in [0.29, 0.717) is 11.2 Å². The summed E-state index contributed by atoms with van der Waals surface area (Å²) in [6, 6.07) is 0.775. The smallest absolute Gasteiger partial charge is 0.147 e. The van der Waals surface area contributed by atoms with Gasteiger partial charge in [0.2, 0.25) is 0 Å². The molecule has 0 heterocycles. The Morgan fingerprint density at radius 1 is 1.33 bits per heavy atom. The lowest BCUT2D eigenvalue weighted by Crippen LogP contribution is -2.26. The monoisotopic (exact) mass is 231 g/mol. The quantitative estimate of drug-likeness (QED) is 0.719. The molecule has 0 atom stereocenters. The van der Waals surface area contributed by atoms with Crippen LogP contribution in [0.25, 0.3) is 0 Å². The molecule has 0 unspecified atom stereocenters. The molecular weight excluding hydrogens is 210 g/mol. The van der Waals surface area contributed by atoms with Gasteiger partial charge in [0.15, 0.2) is 0 Å². The standard InChI is InChI=1S/C11H21NO2S/c1-15(13,14)8-2-5-11(6-7-11)9-12-10-3-4-10/h10,12H,2-9H2,1H3. The van der Waals surface area contributed by atoms with Crippen LogP contribution >= 0.6 is 0 Å². The number of hydrogen-bond acceptors (Lipinski definition) is 3. The van der Waals surface area contributed by atoms with Gasteiger partial charge in [-0.05, 0) is 43.9 Å². The van der Waals surface area contributed by atoms with Crippen LogP contribution < -0.4 is 5.32 Å². The van der Waals surface area contributed by atoms with Crippen molar-refractivity contribution < 1.29 is 8.42 Å². The molecule has 15 heavy (non-hydrogen) atoms. The molecule has 0 amide bonds. The van der Waals surface area contributed by atoms with Crippen molar-refractivity contribution in [2.75, 3.05) is 18.6 Å². The fourth-order valence-corrected chi connectivity index (χ4v) is 2.72. The first-order valence-corrected chi connectivity index (χ1v) is 7.96. The molecule has 2 aliphatic carbocycles. The summed E-state index contributed by atoms with van der Waals surface area (Å²) in [5.41, 5.74) is 0.466. The third-order valence-electron chi connectivity index (χ3n) is 3.52. The first kappa shape index (κ1) is 11.4. The summed E-state index contributed by atoms with van der Waals surface area (Å²) in [4.78, 5) is 0. The fourth-order valence-electron chi connectivity index (χ4n) is 2.05. The molecule has 4 heteroatoms. The van der Waals surface area contributed by atoms with E-state index in [0.717, 1.165) is 25.4 Å². The van der Waals surface area contributed by atoms with Gasteiger partial charge >= 0.3 is 0 Å². The van der Waals surface area contributed by atoms with Gasteiger partial charge in [0, 0.05) is 24.6 Å². The van der Waals surface area contributed by atoms with Crippen LogP contribution in [-0.2, 0) is 9.84 Å². The largest absolute Gasteiger partial charge is 0.313 e. The highest BCUT2D eigenvalue weighted by Gasteiger charge is 2.42. The van der Waals surface area contributed by atoms with Crippen molar-refractivity contribution in [3.63, 3.8) is 0 Å². The molecule has 0 saturated heterocycles. The first-order valence-electron chi connectivity index (χ1n) is 5.90. The molecular formula is C11H21NO2S. The van der Waals surface area contributed by atoms with Crippen molar-refractivity contribution in [1.82, 2.24) is 5.32 Å². The Labute approximate surface area is 92.6 Å². The summed E-state index contributed by atoms with van der Waals surface area (Å²) in [6.45, 7) is 1.11. The highest BCUT2D eigenvalue weighted by molar-refractivity contribution is 7.90. The Kier molecular flexibility index (Phi) is 3.08. The fraction of sp³-hybridized carbons (Fsp3) is 1.00. The van der Waals surface area contributed by atoms with Gasteiger partial charge in [0.05, 0.1) is 0 Å². The average molecular weight is 231 g/mol. The third kappa shape index (κ3) is 4.11. The van der Waals surface area contributed by atoms with Crippen molar-refractivity contribution >= 4 is 9.84 Å². The van der Waals surface area contributed by atoms with Crippen molar-refractivity contribution in [3.05, 3.63) is 0 Å². The second kappa shape index (κ2) is 4.06. The van der Waals surface area contributed by atoms with Gasteiger partial charge in [-0.15, -0.1) is 0 Å². The molecule has 0 aromatic rings. The Balaban J connectivity index is 1.64. The molecule has 0 aliphatic heterocycles. The van der Waals surface area contributed by atoms with E-state index >= 15 is 0 Å². The predicted octanol–water partition coefficient (Wildman–Crippen LogP) is 1.34. The van der Waals surface area contributed by atoms with Crippen LogP contribution in [0.3, 0.4) is 0 Å². The molecule has 0 bridgehead atoms. The number of sulfone groups is 1. The first-order chi connectivity index (χ1) is 6.99. The van der Waals surface area contributed by atoms with Gasteiger partial charge < -0.3 is 5.32 Å². The summed E-state index contributed by atoms with van der Waals surface area (Å²) in [6.07, 6.45) is 8.49. The summed E-state index contributed by atoms with van der Waals surface area (Å²) < 4.78 is 22.0. The zero-order valence-corrected chi connectivity index (χ0v) is 10.3. The Morgan fingerprint density at radius 3 is 2.47 bits per heavy atom. The van der Waals surface area contributed by atoms with Crippen molar-refractivity contribution in [3.8, 4) is 0 Å². The van der Waals surface area contributed by atoms with E-state index in [4.69, 9.17) is 0 Å². The second-order valence-electron chi connectivity index (χ2n) is 5.39. The molecule has 2 fully saturated rings. The zero-order chi connectivity index (χ0) is 10.9. The Morgan fingerprint density at radius 2 is 2.00 bits per heavy atom. The minimum atomic E-state index is -2.76. The Bertz CT molecular complexity index is 315. The second-order valence-corrected chi connectivity index (χ2v) is 7.65. The van der Waals surface area contributed by atoms with Gasteiger partial charge in [0.1, 0.15) is 9.84 Å². The van der Waals surface area contributed by atoms with Crippen LogP contribution in [0.15, 0.2) is 0 Å². The lowest BCUT2D eigenvalue weighted by Gasteiger charge is -2.15.